The van der Waals surface area contributed by atoms with Crippen molar-refractivity contribution in [3.63, 3.8) is 0 Å². The number of fused-ring (bicyclic) bond motifs is 9. The molecular weight excluding hydrogens is 576 g/mol. The van der Waals surface area contributed by atoms with Crippen LogP contribution < -0.4 is 5.32 Å². The van der Waals surface area contributed by atoms with Gasteiger partial charge in [-0.25, -0.2) is 15.0 Å². The standard InChI is InChI=1S/C42H26N4O/c1-2-11-27-23-29(18-17-25(27)9-1)40-44-41(46-42(45-40)39-38-33-15-7-8-16-35(33)47-36(38)21-22-43-39)34-24-28-12-4-6-14-31(28)37-30-13-5-3-10-26(30)19-20-32(34)37/h1-24,39,43H. The number of rotatable bonds is 3. The van der Waals surface area contributed by atoms with Crippen molar-refractivity contribution in [1.29, 1.82) is 0 Å². The summed E-state index contributed by atoms with van der Waals surface area (Å²) in [6.07, 6.45) is 3.90. The fourth-order valence-electron chi connectivity index (χ4n) is 7.17. The summed E-state index contributed by atoms with van der Waals surface area (Å²) in [5.41, 5.74) is 3.78. The second-order valence-electron chi connectivity index (χ2n) is 12.1. The summed E-state index contributed by atoms with van der Waals surface area (Å²) in [5, 5.41) is 14.0. The van der Waals surface area contributed by atoms with Gasteiger partial charge in [-0.05, 0) is 67.4 Å². The molecule has 0 fully saturated rings. The van der Waals surface area contributed by atoms with Crippen LogP contribution >= 0.6 is 0 Å². The lowest BCUT2D eigenvalue weighted by Crippen LogP contribution is -2.23. The van der Waals surface area contributed by atoms with Crippen LogP contribution in [0.25, 0.3) is 82.9 Å². The third-order valence-corrected chi connectivity index (χ3v) is 9.36. The SMILES string of the molecule is C1=Cc2oc3ccccc3c2C(c2nc(-c3ccc4ccccc4c3)nc(-c3cc4ccccc4c4c3ccc3ccccc34)n2)N1. The van der Waals surface area contributed by atoms with Crippen molar-refractivity contribution in [3.05, 3.63) is 157 Å². The molecule has 47 heavy (non-hydrogen) atoms. The predicted octanol–water partition coefficient (Wildman–Crippen LogP) is 10.2. The zero-order valence-corrected chi connectivity index (χ0v) is 25.2. The Balaban J connectivity index is 1.28. The van der Waals surface area contributed by atoms with E-state index in [1.165, 1.54) is 26.9 Å². The number of nitrogens with one attached hydrogen (secondary N) is 1. The summed E-state index contributed by atoms with van der Waals surface area (Å²) < 4.78 is 6.27. The van der Waals surface area contributed by atoms with Crippen LogP contribution in [0.5, 0.6) is 0 Å². The van der Waals surface area contributed by atoms with E-state index in [1.807, 2.05) is 30.5 Å². The molecule has 0 amide bonds. The van der Waals surface area contributed by atoms with Gasteiger partial charge in [0.15, 0.2) is 17.5 Å². The van der Waals surface area contributed by atoms with Gasteiger partial charge in [0.2, 0.25) is 0 Å². The maximum Gasteiger partial charge on any atom is 0.164 e. The van der Waals surface area contributed by atoms with Crippen LogP contribution in [0.3, 0.4) is 0 Å². The highest BCUT2D eigenvalue weighted by molar-refractivity contribution is 6.23. The lowest BCUT2D eigenvalue weighted by molar-refractivity contribution is 0.574. The molecule has 2 aromatic heterocycles. The number of nitrogens with zero attached hydrogens (tertiary/aromatic N) is 3. The third-order valence-electron chi connectivity index (χ3n) is 9.36. The summed E-state index contributed by atoms with van der Waals surface area (Å²) >= 11 is 0. The Morgan fingerprint density at radius 1 is 0.532 bits per heavy atom. The van der Waals surface area contributed by atoms with E-state index in [4.69, 9.17) is 19.4 Å². The van der Waals surface area contributed by atoms with Crippen molar-refractivity contribution < 1.29 is 4.42 Å². The molecule has 220 valence electrons. The van der Waals surface area contributed by atoms with Gasteiger partial charge in [-0.3, -0.25) is 0 Å². The summed E-state index contributed by atoms with van der Waals surface area (Å²) in [6, 6.07) is 46.4. The quantitative estimate of drug-likeness (QED) is 0.204. The molecule has 0 aliphatic carbocycles. The van der Waals surface area contributed by atoms with Crippen LogP contribution in [0.2, 0.25) is 0 Å². The highest BCUT2D eigenvalue weighted by atomic mass is 16.3. The van der Waals surface area contributed by atoms with E-state index >= 15 is 0 Å². The Hall–Kier alpha value is -6.33. The average molecular weight is 603 g/mol. The van der Waals surface area contributed by atoms with Crippen LogP contribution in [-0.2, 0) is 0 Å². The van der Waals surface area contributed by atoms with Crippen molar-refractivity contribution in [3.8, 4) is 22.8 Å². The first-order valence-electron chi connectivity index (χ1n) is 15.8. The maximum atomic E-state index is 6.27. The second kappa shape index (κ2) is 10.1. The van der Waals surface area contributed by atoms with Crippen LogP contribution in [-0.4, -0.2) is 15.0 Å². The normalized spacial score (nSPS) is 14.3. The van der Waals surface area contributed by atoms with Crippen LogP contribution in [0.15, 0.2) is 144 Å². The van der Waals surface area contributed by atoms with Crippen molar-refractivity contribution in [2.75, 3.05) is 0 Å². The van der Waals surface area contributed by atoms with E-state index < -0.39 is 0 Å². The summed E-state index contributed by atoms with van der Waals surface area (Å²) in [4.78, 5) is 15.7. The number of aromatic nitrogens is 3. The number of para-hydroxylation sites is 1. The summed E-state index contributed by atoms with van der Waals surface area (Å²) in [7, 11) is 0. The fourth-order valence-corrected chi connectivity index (χ4v) is 7.17. The van der Waals surface area contributed by atoms with Gasteiger partial charge < -0.3 is 9.73 Å². The van der Waals surface area contributed by atoms with Gasteiger partial charge in [0, 0.05) is 28.3 Å². The highest BCUT2D eigenvalue weighted by Gasteiger charge is 2.29. The zero-order chi connectivity index (χ0) is 30.9. The number of hydrogen-bond donors (Lipinski definition) is 1. The van der Waals surface area contributed by atoms with E-state index in [1.54, 1.807) is 0 Å². The zero-order valence-electron chi connectivity index (χ0n) is 25.2. The maximum absolute atomic E-state index is 6.27. The molecule has 0 saturated carbocycles. The third kappa shape index (κ3) is 4.07. The molecule has 1 unspecified atom stereocenters. The molecule has 0 radical (unpaired) electrons. The van der Waals surface area contributed by atoms with Crippen LogP contribution in [0.1, 0.15) is 23.2 Å². The van der Waals surface area contributed by atoms with E-state index in [0.29, 0.717) is 17.5 Å². The highest BCUT2D eigenvalue weighted by Crippen LogP contribution is 2.40. The Morgan fingerprint density at radius 3 is 2.09 bits per heavy atom. The van der Waals surface area contributed by atoms with Crippen LogP contribution in [0.4, 0.5) is 0 Å². The molecule has 5 nitrogen and oxygen atoms in total. The first kappa shape index (κ1) is 25.9. The Kier molecular flexibility index (Phi) is 5.57. The monoisotopic (exact) mass is 602 g/mol. The minimum Gasteiger partial charge on any atom is -0.456 e. The Labute approximate surface area is 269 Å². The first-order chi connectivity index (χ1) is 23.3. The Bertz CT molecular complexity index is 2730. The summed E-state index contributed by atoms with van der Waals surface area (Å²) in [6.45, 7) is 0. The molecule has 7 aromatic carbocycles. The molecule has 0 bridgehead atoms. The lowest BCUT2D eigenvalue weighted by atomic mass is 9.92. The van der Waals surface area contributed by atoms with Gasteiger partial charge in [0.05, 0.1) is 0 Å². The van der Waals surface area contributed by atoms with Gasteiger partial charge in [0.1, 0.15) is 17.4 Å². The van der Waals surface area contributed by atoms with Gasteiger partial charge in [-0.2, -0.15) is 0 Å². The number of benzene rings is 7. The van der Waals surface area contributed by atoms with Gasteiger partial charge in [-0.15, -0.1) is 0 Å². The topological polar surface area (TPSA) is 63.8 Å². The van der Waals surface area contributed by atoms with Gasteiger partial charge >= 0.3 is 0 Å². The van der Waals surface area contributed by atoms with Crippen molar-refractivity contribution in [2.45, 2.75) is 6.04 Å². The lowest BCUT2D eigenvalue weighted by Gasteiger charge is -2.21. The number of hydrogen-bond acceptors (Lipinski definition) is 5. The molecule has 10 rings (SSSR count). The van der Waals surface area contributed by atoms with Gasteiger partial charge in [-0.1, -0.05) is 115 Å². The van der Waals surface area contributed by atoms with Crippen LogP contribution in [0, 0.1) is 0 Å². The second-order valence-corrected chi connectivity index (χ2v) is 12.1. The molecule has 3 heterocycles. The minimum atomic E-state index is -0.327. The molecule has 1 N–H and O–H groups in total. The fraction of sp³-hybridized carbons (Fsp3) is 0.0238. The smallest absolute Gasteiger partial charge is 0.164 e. The molecule has 1 aliphatic heterocycles. The van der Waals surface area contributed by atoms with Gasteiger partial charge in [0.25, 0.3) is 0 Å². The number of furan rings is 1. The van der Waals surface area contributed by atoms with Crippen molar-refractivity contribution in [2.24, 2.45) is 0 Å². The summed E-state index contributed by atoms with van der Waals surface area (Å²) in [5.74, 6) is 2.71. The molecule has 1 aliphatic rings. The largest absolute Gasteiger partial charge is 0.456 e. The van der Waals surface area contributed by atoms with Crippen molar-refractivity contribution in [1.82, 2.24) is 20.3 Å². The van der Waals surface area contributed by atoms with E-state index in [-0.39, 0.29) is 6.04 Å². The molecule has 1 atom stereocenters. The molecule has 5 heteroatoms. The predicted molar refractivity (Wildman–Crippen MR) is 191 cm³/mol. The molecule has 0 spiro atoms. The molecular formula is C42H26N4O. The Morgan fingerprint density at radius 2 is 1.21 bits per heavy atom. The molecule has 9 aromatic rings. The van der Waals surface area contributed by atoms with Crippen molar-refractivity contribution >= 4 is 60.1 Å². The van der Waals surface area contributed by atoms with E-state index in [9.17, 15) is 0 Å². The minimum absolute atomic E-state index is 0.327. The van der Waals surface area contributed by atoms with E-state index in [2.05, 4.69) is 121 Å². The average Bonchev–Trinajstić information content (AvgIpc) is 3.53. The van der Waals surface area contributed by atoms with E-state index in [0.717, 1.165) is 49.6 Å². The first-order valence-corrected chi connectivity index (χ1v) is 15.8. The molecule has 0 saturated heterocycles.